The van der Waals surface area contributed by atoms with E-state index in [1.807, 2.05) is 24.3 Å². The Labute approximate surface area is 160 Å². The first-order valence-corrected chi connectivity index (χ1v) is 10.5. The molecule has 7 nitrogen and oxygen atoms in total. The zero-order valence-electron chi connectivity index (χ0n) is 16.3. The highest BCUT2D eigenvalue weighted by Gasteiger charge is 2.35. The van der Waals surface area contributed by atoms with Crippen molar-refractivity contribution in [3.8, 4) is 11.5 Å². The van der Waals surface area contributed by atoms with Crippen molar-refractivity contribution in [3.63, 3.8) is 0 Å². The SMILES string of the molecule is COc1ccccc1OCCC1CCN(S(=O)(=O)c2c(C)nn(C)c2C)C1. The average molecular weight is 394 g/mol. The molecule has 0 N–H and O–H groups in total. The van der Waals surface area contributed by atoms with E-state index in [-0.39, 0.29) is 5.92 Å². The minimum Gasteiger partial charge on any atom is -0.493 e. The number of nitrogens with zero attached hydrogens (tertiary/aromatic N) is 3. The van der Waals surface area contributed by atoms with Gasteiger partial charge in [0.25, 0.3) is 0 Å². The van der Waals surface area contributed by atoms with Gasteiger partial charge in [0, 0.05) is 20.1 Å². The van der Waals surface area contributed by atoms with E-state index in [1.54, 1.807) is 37.0 Å². The van der Waals surface area contributed by atoms with Gasteiger partial charge in [0.05, 0.1) is 25.1 Å². The van der Waals surface area contributed by atoms with Crippen molar-refractivity contribution in [2.24, 2.45) is 13.0 Å². The van der Waals surface area contributed by atoms with Crippen LogP contribution in [-0.4, -0.2) is 49.3 Å². The monoisotopic (exact) mass is 393 g/mol. The molecule has 1 aromatic heterocycles. The van der Waals surface area contributed by atoms with Gasteiger partial charge in [-0.25, -0.2) is 8.42 Å². The van der Waals surface area contributed by atoms with Gasteiger partial charge < -0.3 is 9.47 Å². The molecule has 1 aliphatic heterocycles. The molecule has 2 aromatic rings. The molecule has 0 bridgehead atoms. The fourth-order valence-electron chi connectivity index (χ4n) is 3.58. The van der Waals surface area contributed by atoms with Crippen molar-refractivity contribution >= 4 is 10.0 Å². The standard InChI is InChI=1S/C19H27N3O4S/c1-14-19(15(2)21(3)20-14)27(23,24)22-11-9-16(13-22)10-12-26-18-8-6-5-7-17(18)25-4/h5-8,16H,9-13H2,1-4H3. The topological polar surface area (TPSA) is 73.7 Å². The van der Waals surface area contributed by atoms with Crippen LogP contribution in [0, 0.1) is 19.8 Å². The fourth-order valence-corrected chi connectivity index (χ4v) is 5.51. The fraction of sp³-hybridized carbons (Fsp3) is 0.526. The van der Waals surface area contributed by atoms with Gasteiger partial charge in [-0.15, -0.1) is 0 Å². The molecule has 3 rings (SSSR count). The van der Waals surface area contributed by atoms with E-state index in [0.717, 1.165) is 12.8 Å². The third-order valence-corrected chi connectivity index (χ3v) is 7.26. The van der Waals surface area contributed by atoms with Gasteiger partial charge in [0.15, 0.2) is 11.5 Å². The lowest BCUT2D eigenvalue weighted by Gasteiger charge is -2.17. The maximum Gasteiger partial charge on any atom is 0.246 e. The van der Waals surface area contributed by atoms with Crippen molar-refractivity contribution in [2.45, 2.75) is 31.6 Å². The Morgan fingerprint density at radius 3 is 2.56 bits per heavy atom. The highest BCUT2D eigenvalue weighted by molar-refractivity contribution is 7.89. The number of benzene rings is 1. The van der Waals surface area contributed by atoms with E-state index in [1.165, 1.54) is 0 Å². The lowest BCUT2D eigenvalue weighted by Crippen LogP contribution is -2.30. The van der Waals surface area contributed by atoms with Crippen LogP contribution >= 0.6 is 0 Å². The Bertz CT molecular complexity index is 908. The predicted octanol–water partition coefficient (Wildman–Crippen LogP) is 2.53. The normalized spacial score (nSPS) is 18.0. The molecule has 0 saturated carbocycles. The Hall–Kier alpha value is -2.06. The number of ether oxygens (including phenoxy) is 2. The van der Waals surface area contributed by atoms with E-state index in [2.05, 4.69) is 5.10 Å². The Morgan fingerprint density at radius 1 is 1.22 bits per heavy atom. The molecule has 1 fully saturated rings. The van der Waals surface area contributed by atoms with E-state index in [4.69, 9.17) is 9.47 Å². The summed E-state index contributed by atoms with van der Waals surface area (Å²) in [7, 11) is -0.128. The van der Waals surface area contributed by atoms with Crippen molar-refractivity contribution in [3.05, 3.63) is 35.7 Å². The third-order valence-electron chi connectivity index (χ3n) is 5.14. The van der Waals surface area contributed by atoms with Gasteiger partial charge in [-0.3, -0.25) is 4.68 Å². The zero-order chi connectivity index (χ0) is 19.6. The second kappa shape index (κ2) is 7.90. The first kappa shape index (κ1) is 19.7. The quantitative estimate of drug-likeness (QED) is 0.723. The Morgan fingerprint density at radius 2 is 1.93 bits per heavy atom. The van der Waals surface area contributed by atoms with Gasteiger partial charge in [-0.2, -0.15) is 9.40 Å². The molecule has 2 heterocycles. The van der Waals surface area contributed by atoms with Crippen LogP contribution in [-0.2, 0) is 17.1 Å². The van der Waals surface area contributed by atoms with E-state index in [0.29, 0.717) is 47.5 Å². The largest absolute Gasteiger partial charge is 0.493 e. The minimum atomic E-state index is -3.51. The molecule has 0 spiro atoms. The number of aryl methyl sites for hydroxylation is 2. The number of methoxy groups -OCH3 is 1. The molecule has 1 unspecified atom stereocenters. The summed E-state index contributed by atoms with van der Waals surface area (Å²) in [4.78, 5) is 0.343. The van der Waals surface area contributed by atoms with E-state index < -0.39 is 10.0 Å². The van der Waals surface area contributed by atoms with Gasteiger partial charge in [-0.05, 0) is 44.7 Å². The second-order valence-electron chi connectivity index (χ2n) is 6.93. The van der Waals surface area contributed by atoms with E-state index >= 15 is 0 Å². The molecule has 1 saturated heterocycles. The molecule has 0 amide bonds. The first-order chi connectivity index (χ1) is 12.8. The summed E-state index contributed by atoms with van der Waals surface area (Å²) in [5, 5.41) is 4.25. The van der Waals surface area contributed by atoms with Gasteiger partial charge in [0.2, 0.25) is 10.0 Å². The number of rotatable bonds is 7. The van der Waals surface area contributed by atoms with Gasteiger partial charge in [0.1, 0.15) is 4.90 Å². The van der Waals surface area contributed by atoms with Crippen LogP contribution in [0.15, 0.2) is 29.2 Å². The van der Waals surface area contributed by atoms with Crippen molar-refractivity contribution in [1.82, 2.24) is 14.1 Å². The Balaban J connectivity index is 1.60. The molecule has 148 valence electrons. The maximum absolute atomic E-state index is 13.0. The molecule has 1 aliphatic rings. The molecule has 0 radical (unpaired) electrons. The summed E-state index contributed by atoms with van der Waals surface area (Å²) in [6.45, 7) is 5.13. The second-order valence-corrected chi connectivity index (χ2v) is 8.80. The highest BCUT2D eigenvalue weighted by Crippen LogP contribution is 2.30. The van der Waals surface area contributed by atoms with Gasteiger partial charge >= 0.3 is 0 Å². The first-order valence-electron chi connectivity index (χ1n) is 9.10. The molecule has 0 aliphatic carbocycles. The molecule has 1 aromatic carbocycles. The van der Waals surface area contributed by atoms with E-state index in [9.17, 15) is 8.42 Å². The summed E-state index contributed by atoms with van der Waals surface area (Å²) in [5.74, 6) is 1.70. The molecule has 27 heavy (non-hydrogen) atoms. The third kappa shape index (κ3) is 3.96. The van der Waals surface area contributed by atoms with Crippen LogP contribution in [0.3, 0.4) is 0 Å². The average Bonchev–Trinajstić information content (AvgIpc) is 3.21. The van der Waals surface area contributed by atoms with Crippen molar-refractivity contribution in [2.75, 3.05) is 26.8 Å². The molecular weight excluding hydrogens is 366 g/mol. The van der Waals surface area contributed by atoms with Gasteiger partial charge in [-0.1, -0.05) is 12.1 Å². The summed E-state index contributed by atoms with van der Waals surface area (Å²) in [6.07, 6.45) is 1.64. The van der Waals surface area contributed by atoms with Crippen LogP contribution in [0.5, 0.6) is 11.5 Å². The van der Waals surface area contributed by atoms with Crippen LogP contribution < -0.4 is 9.47 Å². The molecule has 1 atom stereocenters. The number of para-hydroxylation sites is 2. The predicted molar refractivity (Wildman–Crippen MR) is 103 cm³/mol. The van der Waals surface area contributed by atoms with Crippen LogP contribution in [0.1, 0.15) is 24.2 Å². The number of aromatic nitrogens is 2. The lowest BCUT2D eigenvalue weighted by atomic mass is 10.1. The van der Waals surface area contributed by atoms with Crippen LogP contribution in [0.4, 0.5) is 0 Å². The van der Waals surface area contributed by atoms with Crippen molar-refractivity contribution in [1.29, 1.82) is 0 Å². The van der Waals surface area contributed by atoms with Crippen LogP contribution in [0.25, 0.3) is 0 Å². The lowest BCUT2D eigenvalue weighted by molar-refractivity contribution is 0.266. The zero-order valence-corrected chi connectivity index (χ0v) is 17.1. The number of sulfonamides is 1. The summed E-state index contributed by atoms with van der Waals surface area (Å²) in [6, 6.07) is 7.53. The summed E-state index contributed by atoms with van der Waals surface area (Å²) >= 11 is 0. The molecular formula is C19H27N3O4S. The summed E-state index contributed by atoms with van der Waals surface area (Å²) < 4.78 is 40.4. The Kier molecular flexibility index (Phi) is 5.76. The smallest absolute Gasteiger partial charge is 0.246 e. The van der Waals surface area contributed by atoms with Crippen LogP contribution in [0.2, 0.25) is 0 Å². The number of hydrogen-bond donors (Lipinski definition) is 0. The highest BCUT2D eigenvalue weighted by atomic mass is 32.2. The summed E-state index contributed by atoms with van der Waals surface area (Å²) in [5.41, 5.74) is 1.23. The van der Waals surface area contributed by atoms with Crippen molar-refractivity contribution < 1.29 is 17.9 Å². The number of hydrogen-bond acceptors (Lipinski definition) is 5. The minimum absolute atomic E-state index is 0.284. The maximum atomic E-state index is 13.0. The molecule has 8 heteroatoms.